The lowest BCUT2D eigenvalue weighted by molar-refractivity contribution is -0.0680. The Balaban J connectivity index is 1.42. The number of amides is 2. The van der Waals surface area contributed by atoms with Crippen LogP contribution < -0.4 is 10.6 Å². The number of hydrogen-bond donors (Lipinski definition) is 2. The molecule has 2 N–H and O–H groups in total. The first-order valence-corrected chi connectivity index (χ1v) is 8.24. The smallest absolute Gasteiger partial charge is 0.321 e. The van der Waals surface area contributed by atoms with Crippen molar-refractivity contribution in [2.75, 3.05) is 5.32 Å². The fraction of sp³-hybridized carbons (Fsp3) is 0.706. The minimum absolute atomic E-state index is 0.145. The lowest BCUT2D eigenvalue weighted by Crippen LogP contribution is -2.56. The van der Waals surface area contributed by atoms with Crippen LogP contribution in [0.2, 0.25) is 0 Å². The van der Waals surface area contributed by atoms with Crippen LogP contribution in [0.5, 0.6) is 0 Å². The molecule has 0 aliphatic heterocycles. The van der Waals surface area contributed by atoms with Crippen LogP contribution in [-0.2, 0) is 0 Å². The molecule has 4 aliphatic rings. The number of carbonyl (C=O) groups excluding carboxylic acids is 1. The normalized spacial score (nSPS) is 38.2. The van der Waals surface area contributed by atoms with E-state index in [9.17, 15) is 4.79 Å². The molecule has 4 nitrogen and oxygen atoms in total. The number of urea groups is 1. The van der Waals surface area contributed by atoms with Crippen LogP contribution in [0.1, 0.15) is 45.4 Å². The maximum absolute atomic E-state index is 12.1. The van der Waals surface area contributed by atoms with Crippen molar-refractivity contribution in [1.82, 2.24) is 5.32 Å². The monoisotopic (exact) mass is 288 g/mol. The first-order valence-electron chi connectivity index (χ1n) is 8.24. The molecule has 4 aliphatic carbocycles. The molecule has 2 amide bonds. The summed E-state index contributed by atoms with van der Waals surface area (Å²) in [7, 11) is 0. The Bertz CT molecular complexity index is 488. The third-order valence-electron chi connectivity index (χ3n) is 6.11. The Morgan fingerprint density at radius 3 is 2.38 bits per heavy atom. The number of anilines is 1. The molecule has 0 spiro atoms. The summed E-state index contributed by atoms with van der Waals surface area (Å²) in [5.74, 6) is 3.24. The molecule has 4 bridgehead atoms. The second kappa shape index (κ2) is 4.79. The van der Waals surface area contributed by atoms with Crippen molar-refractivity contribution in [3.8, 4) is 0 Å². The molecule has 0 radical (unpaired) electrons. The summed E-state index contributed by atoms with van der Waals surface area (Å²) >= 11 is 0. The third-order valence-corrected chi connectivity index (χ3v) is 6.11. The van der Waals surface area contributed by atoms with E-state index in [1.807, 2.05) is 0 Å². The summed E-state index contributed by atoms with van der Waals surface area (Å²) in [5.41, 5.74) is 0.343. The van der Waals surface area contributed by atoms with Crippen molar-refractivity contribution in [2.24, 2.45) is 23.2 Å². The van der Waals surface area contributed by atoms with E-state index in [2.05, 4.69) is 17.6 Å². The van der Waals surface area contributed by atoms with Crippen molar-refractivity contribution in [1.29, 1.82) is 0 Å². The first kappa shape index (κ1) is 13.2. The standard InChI is InChI=1S/C17H24N2O2/c1-11(18-16(20)19-15-3-2-4-21-15)17-8-12-5-13(9-17)7-14(6-12)10-17/h2-4,11-14H,5-10H2,1H3,(H2,18,19,20). The van der Waals surface area contributed by atoms with E-state index < -0.39 is 0 Å². The van der Waals surface area contributed by atoms with Gasteiger partial charge in [-0.25, -0.2) is 4.79 Å². The Morgan fingerprint density at radius 1 is 1.24 bits per heavy atom. The minimum Gasteiger partial charge on any atom is -0.449 e. The second-order valence-corrected chi connectivity index (χ2v) is 7.58. The van der Waals surface area contributed by atoms with E-state index in [0.717, 1.165) is 17.8 Å². The van der Waals surface area contributed by atoms with Crippen LogP contribution >= 0.6 is 0 Å². The van der Waals surface area contributed by atoms with Gasteiger partial charge >= 0.3 is 6.03 Å². The summed E-state index contributed by atoms with van der Waals surface area (Å²) in [4.78, 5) is 12.1. The van der Waals surface area contributed by atoms with E-state index in [4.69, 9.17) is 4.42 Å². The molecule has 1 unspecified atom stereocenters. The molecule has 1 heterocycles. The van der Waals surface area contributed by atoms with Gasteiger partial charge in [-0.3, -0.25) is 5.32 Å². The van der Waals surface area contributed by atoms with Gasteiger partial charge in [-0.15, -0.1) is 0 Å². The average Bonchev–Trinajstić information content (AvgIpc) is 2.89. The Labute approximate surface area is 125 Å². The van der Waals surface area contributed by atoms with Crippen LogP contribution in [0.4, 0.5) is 10.7 Å². The van der Waals surface area contributed by atoms with E-state index in [1.165, 1.54) is 38.5 Å². The van der Waals surface area contributed by atoms with Crippen molar-refractivity contribution in [3.05, 3.63) is 18.4 Å². The molecule has 4 saturated carbocycles. The lowest BCUT2D eigenvalue weighted by atomic mass is 9.48. The molecule has 5 rings (SSSR count). The summed E-state index contributed by atoms with van der Waals surface area (Å²) in [5, 5.41) is 5.93. The van der Waals surface area contributed by atoms with Crippen LogP contribution in [0.3, 0.4) is 0 Å². The zero-order valence-electron chi connectivity index (χ0n) is 12.6. The van der Waals surface area contributed by atoms with E-state index in [-0.39, 0.29) is 12.1 Å². The molecule has 21 heavy (non-hydrogen) atoms. The van der Waals surface area contributed by atoms with Crippen molar-refractivity contribution >= 4 is 11.9 Å². The zero-order valence-corrected chi connectivity index (χ0v) is 12.6. The third kappa shape index (κ3) is 2.34. The molecule has 4 fully saturated rings. The molecule has 0 aromatic carbocycles. The van der Waals surface area contributed by atoms with Crippen LogP contribution in [0.15, 0.2) is 22.8 Å². The minimum atomic E-state index is -0.145. The van der Waals surface area contributed by atoms with Gasteiger partial charge in [-0.05, 0) is 74.7 Å². The van der Waals surface area contributed by atoms with Crippen LogP contribution in [0, 0.1) is 23.2 Å². The van der Waals surface area contributed by atoms with Crippen LogP contribution in [0.25, 0.3) is 0 Å². The fourth-order valence-electron chi connectivity index (χ4n) is 5.56. The molecule has 1 atom stereocenters. The zero-order chi connectivity index (χ0) is 14.4. The average molecular weight is 288 g/mol. The molecule has 114 valence electrons. The largest absolute Gasteiger partial charge is 0.449 e. The summed E-state index contributed by atoms with van der Waals surface area (Å²) in [6, 6.07) is 3.63. The van der Waals surface area contributed by atoms with Crippen molar-refractivity contribution < 1.29 is 9.21 Å². The maximum atomic E-state index is 12.1. The number of rotatable bonds is 3. The van der Waals surface area contributed by atoms with Gasteiger partial charge in [0.05, 0.1) is 6.26 Å². The van der Waals surface area contributed by atoms with Gasteiger partial charge in [-0.1, -0.05) is 0 Å². The van der Waals surface area contributed by atoms with E-state index in [1.54, 1.807) is 18.4 Å². The second-order valence-electron chi connectivity index (χ2n) is 7.58. The fourth-order valence-corrected chi connectivity index (χ4v) is 5.56. The molecule has 4 heteroatoms. The number of hydrogen-bond acceptors (Lipinski definition) is 2. The Hall–Kier alpha value is -1.45. The van der Waals surface area contributed by atoms with E-state index >= 15 is 0 Å². The van der Waals surface area contributed by atoms with Crippen LogP contribution in [-0.4, -0.2) is 12.1 Å². The predicted molar refractivity (Wildman–Crippen MR) is 80.9 cm³/mol. The van der Waals surface area contributed by atoms with Gasteiger partial charge in [0.1, 0.15) is 0 Å². The van der Waals surface area contributed by atoms with Gasteiger partial charge in [0.15, 0.2) is 0 Å². The van der Waals surface area contributed by atoms with Gasteiger partial charge in [0.25, 0.3) is 0 Å². The quantitative estimate of drug-likeness (QED) is 0.883. The lowest BCUT2D eigenvalue weighted by Gasteiger charge is -2.59. The van der Waals surface area contributed by atoms with Gasteiger partial charge in [0.2, 0.25) is 5.88 Å². The number of carbonyl (C=O) groups is 1. The summed E-state index contributed by atoms with van der Waals surface area (Å²) in [6.07, 6.45) is 9.79. The molecule has 1 aromatic rings. The molecule has 0 saturated heterocycles. The molecule has 1 aromatic heterocycles. The van der Waals surface area contributed by atoms with Gasteiger partial charge in [-0.2, -0.15) is 0 Å². The van der Waals surface area contributed by atoms with E-state index in [0.29, 0.717) is 11.3 Å². The highest BCUT2D eigenvalue weighted by atomic mass is 16.3. The Kier molecular flexibility index (Phi) is 3.02. The topological polar surface area (TPSA) is 54.3 Å². The maximum Gasteiger partial charge on any atom is 0.321 e. The SMILES string of the molecule is CC(NC(=O)Nc1ccco1)C12CC3CC(CC(C3)C1)C2. The molecular weight excluding hydrogens is 264 g/mol. The van der Waals surface area contributed by atoms with Crippen molar-refractivity contribution in [2.45, 2.75) is 51.5 Å². The molecular formula is C17H24N2O2. The van der Waals surface area contributed by atoms with Crippen molar-refractivity contribution in [3.63, 3.8) is 0 Å². The van der Waals surface area contributed by atoms with Gasteiger partial charge < -0.3 is 9.73 Å². The van der Waals surface area contributed by atoms with Gasteiger partial charge in [0, 0.05) is 12.1 Å². The summed E-state index contributed by atoms with van der Waals surface area (Å²) < 4.78 is 5.16. The highest BCUT2D eigenvalue weighted by Gasteiger charge is 2.53. The number of furan rings is 1. The predicted octanol–water partition coefficient (Wildman–Crippen LogP) is 4.01. The number of nitrogens with one attached hydrogen (secondary N) is 2. The highest BCUT2D eigenvalue weighted by Crippen LogP contribution is 2.61. The summed E-state index contributed by atoms with van der Waals surface area (Å²) in [6.45, 7) is 2.19. The highest BCUT2D eigenvalue weighted by molar-refractivity contribution is 5.88. The Morgan fingerprint density at radius 2 is 1.86 bits per heavy atom. The first-order chi connectivity index (χ1) is 10.1.